The molecule has 2 aliphatic rings. The lowest BCUT2D eigenvalue weighted by Gasteiger charge is -2.47. The quantitative estimate of drug-likeness (QED) is 0.728. The molecule has 6 heteroatoms. The molecule has 5 rings (SSSR count). The maximum atomic E-state index is 12.9. The number of hydrogen-bond donors (Lipinski definition) is 1. The monoisotopic (exact) mass is 390 g/mol. The molecule has 150 valence electrons. The molecular weight excluding hydrogens is 364 g/mol. The summed E-state index contributed by atoms with van der Waals surface area (Å²) in [5.41, 5.74) is 2.49. The smallest absolute Gasteiger partial charge is 0.251 e. The van der Waals surface area contributed by atoms with Crippen molar-refractivity contribution in [2.75, 3.05) is 20.2 Å². The van der Waals surface area contributed by atoms with Gasteiger partial charge in [-0.3, -0.25) is 9.69 Å². The van der Waals surface area contributed by atoms with E-state index in [0.29, 0.717) is 11.8 Å². The summed E-state index contributed by atoms with van der Waals surface area (Å²) < 4.78 is 7.48. The highest BCUT2D eigenvalue weighted by Gasteiger charge is 2.40. The Morgan fingerprint density at radius 3 is 2.93 bits per heavy atom. The van der Waals surface area contributed by atoms with E-state index in [0.717, 1.165) is 44.0 Å². The van der Waals surface area contributed by atoms with Gasteiger partial charge in [0.1, 0.15) is 11.6 Å². The number of aromatic nitrogens is 3. The van der Waals surface area contributed by atoms with Gasteiger partial charge in [-0.05, 0) is 42.5 Å². The SMILES string of the molecule is COc1cccc(C[C@H]2[C@H]3C[C@H](CN(Cc4ncc[nH]4)C3)c3cccc(=O)n32)c1. The first-order valence-electron chi connectivity index (χ1n) is 10.3. The second-order valence-electron chi connectivity index (χ2n) is 8.20. The molecule has 0 aliphatic carbocycles. The van der Waals surface area contributed by atoms with Gasteiger partial charge in [-0.2, -0.15) is 0 Å². The van der Waals surface area contributed by atoms with Crippen LogP contribution in [0, 0.1) is 5.92 Å². The lowest BCUT2D eigenvalue weighted by atomic mass is 9.76. The second kappa shape index (κ2) is 7.52. The van der Waals surface area contributed by atoms with Gasteiger partial charge >= 0.3 is 0 Å². The van der Waals surface area contributed by atoms with Crippen molar-refractivity contribution >= 4 is 0 Å². The van der Waals surface area contributed by atoms with E-state index >= 15 is 0 Å². The van der Waals surface area contributed by atoms with Crippen LogP contribution < -0.4 is 10.3 Å². The first kappa shape index (κ1) is 18.2. The number of piperidine rings is 1. The van der Waals surface area contributed by atoms with E-state index in [1.165, 1.54) is 11.3 Å². The lowest BCUT2D eigenvalue weighted by molar-refractivity contribution is 0.0837. The molecule has 1 N–H and O–H groups in total. The number of nitrogens with one attached hydrogen (secondary N) is 1. The van der Waals surface area contributed by atoms with Crippen LogP contribution in [-0.2, 0) is 13.0 Å². The number of likely N-dealkylation sites (tertiary alicyclic amines) is 1. The van der Waals surface area contributed by atoms with Crippen LogP contribution in [-0.4, -0.2) is 39.6 Å². The molecule has 0 radical (unpaired) electrons. The number of pyridine rings is 1. The number of imidazole rings is 1. The molecule has 1 aromatic carbocycles. The molecule has 2 aliphatic heterocycles. The van der Waals surface area contributed by atoms with Crippen LogP contribution in [0.5, 0.6) is 5.75 Å². The van der Waals surface area contributed by atoms with E-state index in [-0.39, 0.29) is 11.6 Å². The zero-order valence-corrected chi connectivity index (χ0v) is 16.6. The normalized spacial score (nSPS) is 23.6. The molecule has 0 spiro atoms. The Balaban J connectivity index is 1.49. The van der Waals surface area contributed by atoms with Gasteiger partial charge in [-0.25, -0.2) is 4.98 Å². The summed E-state index contributed by atoms with van der Waals surface area (Å²) in [6, 6.07) is 14.1. The third kappa shape index (κ3) is 3.49. The highest BCUT2D eigenvalue weighted by atomic mass is 16.5. The predicted molar refractivity (Wildman–Crippen MR) is 111 cm³/mol. The fraction of sp³-hybridized carbons (Fsp3) is 0.391. The zero-order valence-electron chi connectivity index (χ0n) is 16.6. The first-order valence-corrected chi connectivity index (χ1v) is 10.3. The maximum absolute atomic E-state index is 12.9. The van der Waals surface area contributed by atoms with Gasteiger partial charge in [-0.15, -0.1) is 0 Å². The topological polar surface area (TPSA) is 63.1 Å². The van der Waals surface area contributed by atoms with E-state index in [1.807, 2.05) is 24.4 Å². The Morgan fingerprint density at radius 2 is 2.10 bits per heavy atom. The van der Waals surface area contributed by atoms with Gasteiger partial charge in [0.25, 0.3) is 5.56 Å². The molecular formula is C23H26N4O2. The number of aromatic amines is 1. The van der Waals surface area contributed by atoms with Gasteiger partial charge in [0.15, 0.2) is 0 Å². The first-order chi connectivity index (χ1) is 14.2. The van der Waals surface area contributed by atoms with Crippen molar-refractivity contribution in [1.29, 1.82) is 0 Å². The van der Waals surface area contributed by atoms with Crippen molar-refractivity contribution in [1.82, 2.24) is 19.4 Å². The van der Waals surface area contributed by atoms with E-state index in [1.54, 1.807) is 19.4 Å². The molecule has 0 amide bonds. The van der Waals surface area contributed by atoms with Crippen LogP contribution >= 0.6 is 0 Å². The highest BCUT2D eigenvalue weighted by Crippen LogP contribution is 2.42. The van der Waals surface area contributed by atoms with Gasteiger partial charge in [0.05, 0.1) is 13.7 Å². The average molecular weight is 390 g/mol. The molecule has 0 saturated carbocycles. The van der Waals surface area contributed by atoms with Crippen molar-refractivity contribution in [3.63, 3.8) is 0 Å². The number of H-pyrrole nitrogens is 1. The van der Waals surface area contributed by atoms with Gasteiger partial charge in [-0.1, -0.05) is 18.2 Å². The summed E-state index contributed by atoms with van der Waals surface area (Å²) in [4.78, 5) is 23.0. The number of fused-ring (bicyclic) bond motifs is 4. The summed E-state index contributed by atoms with van der Waals surface area (Å²) in [7, 11) is 1.69. The standard InChI is InChI=1S/C23H26N4O2/c1-29-19-5-2-4-16(10-19)11-21-18-12-17(20-6-3-7-23(28)27(20)21)13-26(14-18)15-22-24-8-9-25-22/h2-10,17-18,21H,11-15H2,1H3,(H,24,25)/t17-,18+,21+/m1/s1. The van der Waals surface area contributed by atoms with Gasteiger partial charge < -0.3 is 14.3 Å². The molecule has 1 saturated heterocycles. The fourth-order valence-corrected chi connectivity index (χ4v) is 5.16. The van der Waals surface area contributed by atoms with Crippen LogP contribution in [0.3, 0.4) is 0 Å². The van der Waals surface area contributed by atoms with E-state index in [2.05, 4.69) is 37.6 Å². The maximum Gasteiger partial charge on any atom is 0.251 e. The van der Waals surface area contributed by atoms with Crippen LogP contribution in [0.25, 0.3) is 0 Å². The number of ether oxygens (including phenoxy) is 1. The minimum atomic E-state index is 0.115. The average Bonchev–Trinajstić information content (AvgIpc) is 3.24. The molecule has 0 unspecified atom stereocenters. The Morgan fingerprint density at radius 1 is 1.21 bits per heavy atom. The highest BCUT2D eigenvalue weighted by molar-refractivity contribution is 5.30. The van der Waals surface area contributed by atoms with Crippen LogP contribution in [0.2, 0.25) is 0 Å². The van der Waals surface area contributed by atoms with Crippen LogP contribution in [0.15, 0.2) is 59.7 Å². The summed E-state index contributed by atoms with van der Waals surface area (Å²) in [6.45, 7) is 2.77. The van der Waals surface area contributed by atoms with Crippen LogP contribution in [0.4, 0.5) is 0 Å². The number of nitrogens with zero attached hydrogens (tertiary/aromatic N) is 3. The second-order valence-corrected chi connectivity index (χ2v) is 8.20. The molecule has 6 nitrogen and oxygen atoms in total. The fourth-order valence-electron chi connectivity index (χ4n) is 5.16. The number of benzene rings is 1. The van der Waals surface area contributed by atoms with Crippen molar-refractivity contribution in [3.8, 4) is 5.75 Å². The van der Waals surface area contributed by atoms with E-state index in [9.17, 15) is 4.79 Å². The summed E-state index contributed by atoms with van der Waals surface area (Å²) >= 11 is 0. The minimum absolute atomic E-state index is 0.115. The van der Waals surface area contributed by atoms with Crippen molar-refractivity contribution in [2.45, 2.75) is 31.3 Å². The minimum Gasteiger partial charge on any atom is -0.497 e. The molecule has 2 aromatic heterocycles. The molecule has 2 bridgehead atoms. The summed E-state index contributed by atoms with van der Waals surface area (Å²) in [5, 5.41) is 0. The number of rotatable bonds is 5. The predicted octanol–water partition coefficient (Wildman–Crippen LogP) is 2.98. The number of hydrogen-bond acceptors (Lipinski definition) is 4. The summed E-state index contributed by atoms with van der Waals surface area (Å²) in [6.07, 6.45) is 5.65. The molecule has 3 atom stereocenters. The van der Waals surface area contributed by atoms with E-state index < -0.39 is 0 Å². The van der Waals surface area contributed by atoms with Gasteiger partial charge in [0, 0.05) is 49.2 Å². The van der Waals surface area contributed by atoms with Crippen molar-refractivity contribution in [3.05, 3.63) is 82.3 Å². The molecule has 1 fully saturated rings. The van der Waals surface area contributed by atoms with Crippen molar-refractivity contribution in [2.24, 2.45) is 5.92 Å². The third-order valence-electron chi connectivity index (χ3n) is 6.38. The molecule has 3 aromatic rings. The summed E-state index contributed by atoms with van der Waals surface area (Å²) in [5.74, 6) is 2.68. The van der Waals surface area contributed by atoms with Crippen LogP contribution in [0.1, 0.15) is 35.5 Å². The largest absolute Gasteiger partial charge is 0.497 e. The van der Waals surface area contributed by atoms with Gasteiger partial charge in [0.2, 0.25) is 0 Å². The zero-order chi connectivity index (χ0) is 19.8. The van der Waals surface area contributed by atoms with Crippen molar-refractivity contribution < 1.29 is 4.74 Å². The Labute approximate surface area is 170 Å². The molecule has 29 heavy (non-hydrogen) atoms. The lowest BCUT2D eigenvalue weighted by Crippen LogP contribution is -2.49. The van der Waals surface area contributed by atoms with E-state index in [4.69, 9.17) is 4.74 Å². The Bertz CT molecular complexity index is 1040. The Kier molecular flexibility index (Phi) is 4.72. The third-order valence-corrected chi connectivity index (χ3v) is 6.38. The Hall–Kier alpha value is -2.86. The molecule has 4 heterocycles. The number of methoxy groups -OCH3 is 1.